The molecule has 0 spiro atoms. The Morgan fingerprint density at radius 2 is 2.06 bits per heavy atom. The van der Waals surface area contributed by atoms with Crippen molar-refractivity contribution >= 4 is 11.3 Å². The smallest absolute Gasteiger partial charge is 0.0445 e. The van der Waals surface area contributed by atoms with Gasteiger partial charge in [0.15, 0.2) is 0 Å². The molecule has 2 aliphatic carbocycles. The van der Waals surface area contributed by atoms with E-state index in [4.69, 9.17) is 0 Å². The second-order valence-corrected chi connectivity index (χ2v) is 7.48. The maximum absolute atomic E-state index is 4.00. The molecule has 2 saturated carbocycles. The third-order valence-electron chi connectivity index (χ3n) is 4.77. The van der Waals surface area contributed by atoms with E-state index < -0.39 is 0 Å². The summed E-state index contributed by atoms with van der Waals surface area (Å²) in [5.41, 5.74) is 0. The number of rotatable bonds is 4. The van der Waals surface area contributed by atoms with Crippen LogP contribution in [0.2, 0.25) is 0 Å². The maximum atomic E-state index is 4.00. The van der Waals surface area contributed by atoms with Crippen LogP contribution in [0.1, 0.15) is 56.9 Å². The molecule has 4 unspecified atom stereocenters. The third-order valence-corrected chi connectivity index (χ3v) is 5.72. The van der Waals surface area contributed by atoms with Crippen molar-refractivity contribution in [2.75, 3.05) is 0 Å². The summed E-state index contributed by atoms with van der Waals surface area (Å²) < 4.78 is 0. The Bertz CT molecular complexity index is 368. The van der Waals surface area contributed by atoms with Crippen LogP contribution in [0.25, 0.3) is 0 Å². The topological polar surface area (TPSA) is 12.0 Å². The molecule has 0 radical (unpaired) electrons. The number of hydrogen-bond acceptors (Lipinski definition) is 2. The lowest BCUT2D eigenvalue weighted by atomic mass is 9.79. The first-order valence-electron chi connectivity index (χ1n) is 7.53. The average Bonchev–Trinajstić information content (AvgIpc) is 3.03. The number of hydrogen-bond donors (Lipinski definition) is 1. The fourth-order valence-corrected chi connectivity index (χ4v) is 4.37. The summed E-state index contributed by atoms with van der Waals surface area (Å²) in [5, 5.41) is 6.22. The molecule has 100 valence electrons. The van der Waals surface area contributed by atoms with Gasteiger partial charge >= 0.3 is 0 Å². The summed E-state index contributed by atoms with van der Waals surface area (Å²) in [6.45, 7) is 4.84. The highest BCUT2D eigenvalue weighted by molar-refractivity contribution is 7.10. The van der Waals surface area contributed by atoms with Gasteiger partial charge < -0.3 is 5.32 Å². The van der Waals surface area contributed by atoms with Crippen LogP contribution in [0.4, 0.5) is 0 Å². The van der Waals surface area contributed by atoms with E-state index in [0.717, 1.165) is 23.8 Å². The van der Waals surface area contributed by atoms with Gasteiger partial charge in [-0.25, -0.2) is 0 Å². The largest absolute Gasteiger partial charge is 0.306 e. The predicted molar refractivity (Wildman–Crippen MR) is 78.9 cm³/mol. The van der Waals surface area contributed by atoms with Gasteiger partial charge in [-0.2, -0.15) is 0 Å². The molecule has 0 bridgehead atoms. The highest BCUT2D eigenvalue weighted by Crippen LogP contribution is 2.43. The van der Waals surface area contributed by atoms with Crippen molar-refractivity contribution < 1.29 is 0 Å². The van der Waals surface area contributed by atoms with Crippen molar-refractivity contribution in [3.63, 3.8) is 0 Å². The van der Waals surface area contributed by atoms with Gasteiger partial charge in [0.25, 0.3) is 0 Å². The molecular formula is C16H25NS. The van der Waals surface area contributed by atoms with E-state index >= 15 is 0 Å². The van der Waals surface area contributed by atoms with E-state index in [0.29, 0.717) is 6.04 Å². The van der Waals surface area contributed by atoms with Crippen LogP contribution in [0.5, 0.6) is 0 Å². The van der Waals surface area contributed by atoms with Crippen molar-refractivity contribution in [3.05, 3.63) is 22.4 Å². The van der Waals surface area contributed by atoms with E-state index in [1.54, 1.807) is 4.88 Å². The molecule has 0 aliphatic heterocycles. The number of nitrogens with one attached hydrogen (secondary N) is 1. The molecule has 18 heavy (non-hydrogen) atoms. The van der Waals surface area contributed by atoms with E-state index in [1.165, 1.54) is 32.1 Å². The van der Waals surface area contributed by atoms with Gasteiger partial charge in [-0.1, -0.05) is 19.9 Å². The standard InChI is InChI=1S/C16H25NS/c1-11-5-8-14(12(2)10-11)17-16(13-6-7-13)15-4-3-9-18-15/h3-4,9,11-14,16-17H,5-8,10H2,1-2H3. The van der Waals surface area contributed by atoms with Gasteiger partial charge in [-0.15, -0.1) is 11.3 Å². The lowest BCUT2D eigenvalue weighted by molar-refractivity contribution is 0.208. The summed E-state index contributed by atoms with van der Waals surface area (Å²) in [6, 6.07) is 5.90. The molecule has 1 N–H and O–H groups in total. The summed E-state index contributed by atoms with van der Waals surface area (Å²) in [4.78, 5) is 1.56. The van der Waals surface area contributed by atoms with Crippen LogP contribution in [-0.2, 0) is 0 Å². The highest BCUT2D eigenvalue weighted by Gasteiger charge is 2.36. The summed E-state index contributed by atoms with van der Waals surface area (Å²) in [6.07, 6.45) is 7.03. The molecule has 0 saturated heterocycles. The molecule has 4 atom stereocenters. The van der Waals surface area contributed by atoms with Crippen molar-refractivity contribution in [1.29, 1.82) is 0 Å². The van der Waals surface area contributed by atoms with Crippen LogP contribution in [0.3, 0.4) is 0 Å². The van der Waals surface area contributed by atoms with Crippen LogP contribution in [-0.4, -0.2) is 6.04 Å². The first kappa shape index (κ1) is 12.7. The average molecular weight is 263 g/mol. The van der Waals surface area contributed by atoms with E-state index in [2.05, 4.69) is 36.7 Å². The van der Waals surface area contributed by atoms with Gasteiger partial charge in [0.1, 0.15) is 0 Å². The van der Waals surface area contributed by atoms with Crippen LogP contribution >= 0.6 is 11.3 Å². The molecule has 2 aliphatic rings. The summed E-state index contributed by atoms with van der Waals surface area (Å²) >= 11 is 1.93. The Hall–Kier alpha value is -0.340. The SMILES string of the molecule is CC1CCC(NC(c2cccs2)C2CC2)C(C)C1. The van der Waals surface area contributed by atoms with Gasteiger partial charge in [0, 0.05) is 17.0 Å². The van der Waals surface area contributed by atoms with E-state index in [-0.39, 0.29) is 0 Å². The van der Waals surface area contributed by atoms with Crippen LogP contribution < -0.4 is 5.32 Å². The quantitative estimate of drug-likeness (QED) is 0.836. The molecule has 1 aromatic rings. The number of thiophene rings is 1. The second kappa shape index (κ2) is 5.34. The molecule has 0 aromatic carbocycles. The normalized spacial score (nSPS) is 34.4. The second-order valence-electron chi connectivity index (χ2n) is 6.50. The van der Waals surface area contributed by atoms with Crippen molar-refractivity contribution in [1.82, 2.24) is 5.32 Å². The monoisotopic (exact) mass is 263 g/mol. The third kappa shape index (κ3) is 2.80. The molecule has 1 heterocycles. The van der Waals surface area contributed by atoms with Gasteiger partial charge in [-0.05, 0) is 61.3 Å². The molecule has 0 amide bonds. The van der Waals surface area contributed by atoms with Crippen LogP contribution in [0.15, 0.2) is 17.5 Å². The molecule has 1 aromatic heterocycles. The summed E-state index contributed by atoms with van der Waals surface area (Å²) in [7, 11) is 0. The molecular weight excluding hydrogens is 238 g/mol. The fraction of sp³-hybridized carbons (Fsp3) is 0.750. The minimum atomic E-state index is 0.644. The van der Waals surface area contributed by atoms with Crippen molar-refractivity contribution in [3.8, 4) is 0 Å². The Labute approximate surface area is 115 Å². The lowest BCUT2D eigenvalue weighted by Crippen LogP contribution is -2.41. The van der Waals surface area contributed by atoms with Crippen molar-refractivity contribution in [2.24, 2.45) is 17.8 Å². The zero-order chi connectivity index (χ0) is 12.5. The fourth-order valence-electron chi connectivity index (χ4n) is 3.49. The highest BCUT2D eigenvalue weighted by atomic mass is 32.1. The van der Waals surface area contributed by atoms with Gasteiger partial charge in [0.05, 0.1) is 0 Å². The molecule has 2 heteroatoms. The molecule has 2 fully saturated rings. The maximum Gasteiger partial charge on any atom is 0.0445 e. The Morgan fingerprint density at radius 3 is 2.67 bits per heavy atom. The summed E-state index contributed by atoms with van der Waals surface area (Å²) in [5.74, 6) is 2.68. The Balaban J connectivity index is 1.66. The minimum absolute atomic E-state index is 0.644. The minimum Gasteiger partial charge on any atom is -0.306 e. The molecule has 1 nitrogen and oxygen atoms in total. The van der Waals surface area contributed by atoms with Crippen molar-refractivity contribution in [2.45, 2.75) is 58.0 Å². The van der Waals surface area contributed by atoms with Gasteiger partial charge in [0.2, 0.25) is 0 Å². The zero-order valence-corrected chi connectivity index (χ0v) is 12.4. The molecule has 3 rings (SSSR count). The zero-order valence-electron chi connectivity index (χ0n) is 11.6. The lowest BCUT2D eigenvalue weighted by Gasteiger charge is -2.36. The van der Waals surface area contributed by atoms with Crippen LogP contribution in [0, 0.1) is 17.8 Å². The Kier molecular flexibility index (Phi) is 3.76. The van der Waals surface area contributed by atoms with E-state index in [9.17, 15) is 0 Å². The first-order valence-corrected chi connectivity index (χ1v) is 8.41. The Morgan fingerprint density at radius 1 is 1.22 bits per heavy atom. The predicted octanol–water partition coefficient (Wildman–Crippen LogP) is 4.61. The van der Waals surface area contributed by atoms with Gasteiger partial charge in [-0.3, -0.25) is 0 Å². The first-order chi connectivity index (χ1) is 8.74. The van der Waals surface area contributed by atoms with E-state index in [1.807, 2.05) is 11.3 Å².